The predicted molar refractivity (Wildman–Crippen MR) is 103 cm³/mol. The Morgan fingerprint density at radius 3 is 2.81 bits per heavy atom. The highest BCUT2D eigenvalue weighted by atomic mass is 32.2. The molecule has 2 aromatic rings. The van der Waals surface area contributed by atoms with E-state index < -0.39 is 9.84 Å². The molecule has 0 aliphatic carbocycles. The van der Waals surface area contributed by atoms with E-state index in [-0.39, 0.29) is 34.5 Å². The normalized spacial score (nSPS) is 20.0. The summed E-state index contributed by atoms with van der Waals surface area (Å²) < 4.78 is 35.9. The van der Waals surface area contributed by atoms with Gasteiger partial charge in [0, 0.05) is 22.7 Å². The fraction of sp³-hybridized carbons (Fsp3) is 0.412. The van der Waals surface area contributed by atoms with E-state index in [4.69, 9.17) is 0 Å². The van der Waals surface area contributed by atoms with Crippen molar-refractivity contribution in [1.29, 1.82) is 0 Å². The van der Waals surface area contributed by atoms with Crippen LogP contribution in [-0.2, 0) is 20.4 Å². The number of hydrogen-bond acceptors (Lipinski definition) is 6. The molecule has 1 amide bonds. The molecule has 1 aliphatic heterocycles. The molecule has 5 nitrogen and oxygen atoms in total. The Bertz CT molecular complexity index is 881. The number of thiazole rings is 1. The Kier molecular flexibility index (Phi) is 5.99. The number of carbonyl (C=O) groups excluding carboxylic acids is 1. The van der Waals surface area contributed by atoms with E-state index in [0.717, 1.165) is 16.3 Å². The Morgan fingerprint density at radius 2 is 2.15 bits per heavy atom. The van der Waals surface area contributed by atoms with E-state index in [1.165, 1.54) is 35.2 Å². The monoisotopic (exact) mass is 414 g/mol. The van der Waals surface area contributed by atoms with E-state index in [1.807, 2.05) is 5.38 Å². The lowest BCUT2D eigenvalue weighted by Gasteiger charge is -2.15. The van der Waals surface area contributed by atoms with Crippen molar-refractivity contribution in [3.63, 3.8) is 0 Å². The number of carbonyl (C=O) groups is 1. The fourth-order valence-electron chi connectivity index (χ4n) is 2.61. The van der Waals surface area contributed by atoms with Crippen molar-refractivity contribution in [1.82, 2.24) is 10.3 Å². The first-order chi connectivity index (χ1) is 12.3. The number of nitrogens with one attached hydrogen (secondary N) is 1. The largest absolute Gasteiger partial charge is 0.351 e. The number of thioether (sulfide) groups is 1. The number of rotatable bonds is 6. The van der Waals surface area contributed by atoms with Gasteiger partial charge in [0.1, 0.15) is 10.8 Å². The topological polar surface area (TPSA) is 76.1 Å². The quantitative estimate of drug-likeness (QED) is 0.787. The zero-order valence-electron chi connectivity index (χ0n) is 14.1. The third-order valence-corrected chi connectivity index (χ3v) is 7.96. The first kappa shape index (κ1) is 19.3. The summed E-state index contributed by atoms with van der Waals surface area (Å²) in [4.78, 5) is 16.7. The molecule has 26 heavy (non-hydrogen) atoms. The minimum Gasteiger partial charge on any atom is -0.351 e. The SMILES string of the molecule is C[C@@H](SCc1csc(-c2ccc(F)cc2)n1)C(=O)N[C@@H]1CCS(=O)(=O)C1. The molecule has 140 valence electrons. The van der Waals surface area contributed by atoms with Crippen LogP contribution in [0.25, 0.3) is 10.6 Å². The van der Waals surface area contributed by atoms with Gasteiger partial charge in [0.2, 0.25) is 5.91 Å². The van der Waals surface area contributed by atoms with Gasteiger partial charge in [-0.2, -0.15) is 0 Å². The molecule has 2 atom stereocenters. The van der Waals surface area contributed by atoms with Crippen LogP contribution in [0, 0.1) is 5.82 Å². The number of benzene rings is 1. The fourth-order valence-corrected chi connectivity index (χ4v) is 6.00. The number of halogens is 1. The van der Waals surface area contributed by atoms with E-state index in [2.05, 4.69) is 10.3 Å². The van der Waals surface area contributed by atoms with E-state index in [9.17, 15) is 17.6 Å². The van der Waals surface area contributed by atoms with Crippen molar-refractivity contribution in [2.24, 2.45) is 0 Å². The molecule has 1 aromatic carbocycles. The summed E-state index contributed by atoms with van der Waals surface area (Å²) >= 11 is 2.93. The maximum atomic E-state index is 13.0. The standard InChI is InChI=1S/C17H19FN2O3S3/c1-11(16(21)19-14-6-7-26(22,23)10-14)24-8-15-9-25-17(20-15)12-2-4-13(18)5-3-12/h2-5,9,11,14H,6-8,10H2,1H3,(H,19,21)/t11-,14-/m1/s1. The molecule has 1 aliphatic rings. The second-order valence-corrected chi connectivity index (χ2v) is 10.6. The van der Waals surface area contributed by atoms with Gasteiger partial charge in [0.05, 0.1) is 22.4 Å². The molecule has 0 radical (unpaired) electrons. The Balaban J connectivity index is 1.51. The minimum absolute atomic E-state index is 0.0310. The summed E-state index contributed by atoms with van der Waals surface area (Å²) in [5.74, 6) is 0.324. The van der Waals surface area contributed by atoms with E-state index in [0.29, 0.717) is 12.2 Å². The summed E-state index contributed by atoms with van der Waals surface area (Å²) in [5.41, 5.74) is 1.73. The van der Waals surface area contributed by atoms with Gasteiger partial charge in [0.25, 0.3) is 0 Å². The molecule has 0 spiro atoms. The zero-order valence-corrected chi connectivity index (χ0v) is 16.6. The molecule has 0 saturated carbocycles. The molecule has 0 unspecified atom stereocenters. The molecule has 1 aromatic heterocycles. The van der Waals surface area contributed by atoms with Crippen molar-refractivity contribution in [3.05, 3.63) is 41.2 Å². The molecular weight excluding hydrogens is 395 g/mol. The summed E-state index contributed by atoms with van der Waals surface area (Å²) in [7, 11) is -3.00. The summed E-state index contributed by atoms with van der Waals surface area (Å²) in [6.07, 6.45) is 0.485. The molecule has 0 bridgehead atoms. The minimum atomic E-state index is -3.00. The lowest BCUT2D eigenvalue weighted by Crippen LogP contribution is -2.40. The second-order valence-electron chi connectivity index (χ2n) is 6.21. The highest BCUT2D eigenvalue weighted by Crippen LogP contribution is 2.26. The summed E-state index contributed by atoms with van der Waals surface area (Å²) in [6.45, 7) is 1.80. The maximum Gasteiger partial charge on any atom is 0.233 e. The van der Waals surface area contributed by atoms with Crippen LogP contribution in [0.5, 0.6) is 0 Å². The van der Waals surface area contributed by atoms with Gasteiger partial charge in [-0.25, -0.2) is 17.8 Å². The van der Waals surface area contributed by atoms with E-state index in [1.54, 1.807) is 19.1 Å². The number of nitrogens with zero attached hydrogens (tertiary/aromatic N) is 1. The molecular formula is C17H19FN2O3S3. The predicted octanol–water partition coefficient (Wildman–Crippen LogP) is 2.87. The van der Waals surface area contributed by atoms with Crippen molar-refractivity contribution in [2.75, 3.05) is 11.5 Å². The van der Waals surface area contributed by atoms with Gasteiger partial charge in [-0.1, -0.05) is 0 Å². The Morgan fingerprint density at radius 1 is 1.42 bits per heavy atom. The third-order valence-electron chi connectivity index (χ3n) is 4.07. The van der Waals surface area contributed by atoms with Crippen LogP contribution >= 0.6 is 23.1 Å². The number of sulfone groups is 1. The molecule has 2 heterocycles. The van der Waals surface area contributed by atoms with Crippen LogP contribution in [0.1, 0.15) is 19.0 Å². The number of amides is 1. The van der Waals surface area contributed by atoms with Crippen molar-refractivity contribution in [2.45, 2.75) is 30.4 Å². The Hall–Kier alpha value is -1.45. The molecule has 1 N–H and O–H groups in total. The van der Waals surface area contributed by atoms with Crippen molar-refractivity contribution < 1.29 is 17.6 Å². The number of hydrogen-bond donors (Lipinski definition) is 1. The lowest BCUT2D eigenvalue weighted by atomic mass is 10.2. The number of aromatic nitrogens is 1. The molecule has 3 rings (SSSR count). The maximum absolute atomic E-state index is 13.0. The van der Waals surface area contributed by atoms with E-state index >= 15 is 0 Å². The first-order valence-electron chi connectivity index (χ1n) is 8.15. The van der Waals surface area contributed by atoms with Gasteiger partial charge in [-0.3, -0.25) is 4.79 Å². The average Bonchev–Trinajstić information content (AvgIpc) is 3.19. The molecule has 1 fully saturated rings. The molecule has 9 heteroatoms. The highest BCUT2D eigenvalue weighted by molar-refractivity contribution is 7.99. The second kappa shape index (κ2) is 8.06. The van der Waals surface area contributed by atoms with Gasteiger partial charge >= 0.3 is 0 Å². The van der Waals surface area contributed by atoms with Gasteiger partial charge in [-0.15, -0.1) is 23.1 Å². The third kappa shape index (κ3) is 5.05. The van der Waals surface area contributed by atoms with Crippen LogP contribution in [-0.4, -0.2) is 42.1 Å². The van der Waals surface area contributed by atoms with Crippen molar-refractivity contribution >= 4 is 38.8 Å². The van der Waals surface area contributed by atoms with Crippen molar-refractivity contribution in [3.8, 4) is 10.6 Å². The smallest absolute Gasteiger partial charge is 0.233 e. The van der Waals surface area contributed by atoms with Crippen LogP contribution in [0.3, 0.4) is 0 Å². The highest BCUT2D eigenvalue weighted by Gasteiger charge is 2.30. The molecule has 1 saturated heterocycles. The average molecular weight is 415 g/mol. The van der Waals surface area contributed by atoms with Gasteiger partial charge < -0.3 is 5.32 Å². The van der Waals surface area contributed by atoms with Gasteiger partial charge in [0.15, 0.2) is 9.84 Å². The van der Waals surface area contributed by atoms with Crippen LogP contribution in [0.4, 0.5) is 4.39 Å². The first-order valence-corrected chi connectivity index (χ1v) is 11.9. The van der Waals surface area contributed by atoms with Gasteiger partial charge in [-0.05, 0) is 37.6 Å². The van der Waals surface area contributed by atoms with Crippen LogP contribution < -0.4 is 5.32 Å². The van der Waals surface area contributed by atoms with Crippen LogP contribution in [0.15, 0.2) is 29.6 Å². The van der Waals surface area contributed by atoms with Crippen LogP contribution in [0.2, 0.25) is 0 Å². The summed E-state index contributed by atoms with van der Waals surface area (Å²) in [6, 6.07) is 5.91. The zero-order chi connectivity index (χ0) is 18.7. The Labute approximate surface area is 160 Å². The summed E-state index contributed by atoms with van der Waals surface area (Å²) in [5, 5.41) is 5.26. The lowest BCUT2D eigenvalue weighted by molar-refractivity contribution is -0.120.